The van der Waals surface area contributed by atoms with Crippen LogP contribution in [-0.2, 0) is 5.41 Å². The van der Waals surface area contributed by atoms with Crippen molar-refractivity contribution in [1.29, 1.82) is 0 Å². The van der Waals surface area contributed by atoms with Crippen molar-refractivity contribution < 1.29 is 0 Å². The van der Waals surface area contributed by atoms with E-state index in [-0.39, 0.29) is 17.3 Å². The molecule has 0 saturated heterocycles. The molecule has 0 N–H and O–H groups in total. The molecule has 7 aromatic rings. The van der Waals surface area contributed by atoms with Crippen molar-refractivity contribution in [3.63, 3.8) is 0 Å². The summed E-state index contributed by atoms with van der Waals surface area (Å²) in [6.45, 7) is 2.33. The van der Waals surface area contributed by atoms with Gasteiger partial charge in [-0.3, -0.25) is 4.98 Å². The first kappa shape index (κ1) is 29.6. The lowest BCUT2D eigenvalue weighted by atomic mass is 9.62. The SMILES string of the molecule is CC12C=CC=CC1C(c1nc(-c3cc4ccccc4c4ccccc34)nc(C3C=CC(c4cnc5ccccc5c4)=CC3)n1)=Cc1ccccc12. The molecule has 3 aliphatic rings. The van der Waals surface area contributed by atoms with Gasteiger partial charge in [-0.15, -0.1) is 0 Å². The van der Waals surface area contributed by atoms with Gasteiger partial charge in [0, 0.05) is 45.5 Å². The van der Waals surface area contributed by atoms with E-state index in [0.717, 1.165) is 51.1 Å². The minimum absolute atomic E-state index is 0.000889. The summed E-state index contributed by atoms with van der Waals surface area (Å²) in [7, 11) is 0. The molecule has 10 rings (SSSR count). The molecular formula is C47H34N4. The Morgan fingerprint density at radius 3 is 2.33 bits per heavy atom. The number of para-hydroxylation sites is 1. The number of fused-ring (bicyclic) bond motifs is 7. The Labute approximate surface area is 297 Å². The third-order valence-corrected chi connectivity index (χ3v) is 11.0. The van der Waals surface area contributed by atoms with E-state index in [2.05, 4.69) is 159 Å². The van der Waals surface area contributed by atoms with Gasteiger partial charge < -0.3 is 0 Å². The van der Waals surface area contributed by atoms with Gasteiger partial charge in [-0.2, -0.15) is 0 Å². The normalized spacial score (nSPS) is 20.6. The van der Waals surface area contributed by atoms with Crippen LogP contribution in [0.15, 0.2) is 158 Å². The maximum atomic E-state index is 5.37. The first-order valence-corrected chi connectivity index (χ1v) is 17.7. The fourth-order valence-electron chi connectivity index (χ4n) is 8.29. The summed E-state index contributed by atoms with van der Waals surface area (Å²) in [5, 5.41) is 5.87. The highest BCUT2D eigenvalue weighted by Crippen LogP contribution is 2.49. The summed E-state index contributed by atoms with van der Waals surface area (Å²) in [4.78, 5) is 20.7. The standard InChI is InChI=1S/C47H34N4/c1-47-25-11-10-19-42(47)40(28-33-13-3-8-18-41(33)47)46-50-44(31-23-21-30(22-24-31)35-26-34-14-4-9-20-43(34)48-29-35)49-45(51-46)39-27-32-12-2-5-15-36(32)37-16-6-7-17-38(37)39/h2-23,25-29,31,42H,24H2,1H3. The van der Waals surface area contributed by atoms with Crippen LogP contribution in [0.25, 0.3) is 61.1 Å². The number of nitrogens with zero attached hydrogens (tertiary/aromatic N) is 4. The van der Waals surface area contributed by atoms with E-state index < -0.39 is 0 Å². The second kappa shape index (κ2) is 11.7. The van der Waals surface area contributed by atoms with E-state index >= 15 is 0 Å². The highest BCUT2D eigenvalue weighted by atomic mass is 15.0. The molecule has 0 saturated carbocycles. The molecule has 0 bridgehead atoms. The van der Waals surface area contributed by atoms with Crippen molar-refractivity contribution in [1.82, 2.24) is 19.9 Å². The Bertz CT molecular complexity index is 2710. The Kier molecular flexibility index (Phi) is 6.78. The molecule has 4 heteroatoms. The quantitative estimate of drug-likeness (QED) is 0.177. The Balaban J connectivity index is 1.14. The predicted octanol–water partition coefficient (Wildman–Crippen LogP) is 11.1. The second-order valence-corrected chi connectivity index (χ2v) is 14.0. The molecule has 2 heterocycles. The lowest BCUT2D eigenvalue weighted by Gasteiger charge is -2.41. The minimum atomic E-state index is -0.214. The van der Waals surface area contributed by atoms with Crippen molar-refractivity contribution in [3.8, 4) is 11.4 Å². The van der Waals surface area contributed by atoms with Gasteiger partial charge >= 0.3 is 0 Å². The van der Waals surface area contributed by atoms with E-state index in [4.69, 9.17) is 19.9 Å². The average molecular weight is 655 g/mol. The third kappa shape index (κ3) is 4.90. The topological polar surface area (TPSA) is 51.6 Å². The summed E-state index contributed by atoms with van der Waals surface area (Å²) in [6.07, 6.45) is 20.8. The van der Waals surface area contributed by atoms with Gasteiger partial charge in [-0.25, -0.2) is 15.0 Å². The number of allylic oxidation sites excluding steroid dienone is 9. The average Bonchev–Trinajstić information content (AvgIpc) is 3.20. The molecule has 3 unspecified atom stereocenters. The maximum Gasteiger partial charge on any atom is 0.164 e. The van der Waals surface area contributed by atoms with Gasteiger partial charge in [0.1, 0.15) is 5.82 Å². The van der Waals surface area contributed by atoms with Crippen LogP contribution in [0.2, 0.25) is 0 Å². The largest absolute Gasteiger partial charge is 0.256 e. The van der Waals surface area contributed by atoms with Gasteiger partial charge in [0.15, 0.2) is 11.6 Å². The third-order valence-electron chi connectivity index (χ3n) is 11.0. The van der Waals surface area contributed by atoms with E-state index in [1.165, 1.54) is 32.9 Å². The number of pyridine rings is 1. The zero-order chi connectivity index (χ0) is 33.9. The highest BCUT2D eigenvalue weighted by molar-refractivity contribution is 6.13. The van der Waals surface area contributed by atoms with Crippen LogP contribution in [0.1, 0.15) is 47.6 Å². The summed E-state index contributed by atoms with van der Waals surface area (Å²) in [6, 6.07) is 38.6. The number of hydrogen-bond acceptors (Lipinski definition) is 4. The molecule has 3 aliphatic carbocycles. The van der Waals surface area contributed by atoms with Gasteiger partial charge in [0.25, 0.3) is 0 Å². The first-order chi connectivity index (χ1) is 25.1. The molecule has 0 fully saturated rings. The first-order valence-electron chi connectivity index (χ1n) is 17.7. The van der Waals surface area contributed by atoms with Crippen LogP contribution < -0.4 is 0 Å². The van der Waals surface area contributed by atoms with E-state index in [1.807, 2.05) is 12.3 Å². The maximum absolute atomic E-state index is 5.37. The van der Waals surface area contributed by atoms with Gasteiger partial charge in [0.05, 0.1) is 5.52 Å². The van der Waals surface area contributed by atoms with E-state index in [1.54, 1.807) is 0 Å². The monoisotopic (exact) mass is 654 g/mol. The van der Waals surface area contributed by atoms with Crippen molar-refractivity contribution in [3.05, 3.63) is 186 Å². The molecule has 3 atom stereocenters. The number of hydrogen-bond donors (Lipinski definition) is 0. The lowest BCUT2D eigenvalue weighted by molar-refractivity contribution is 0.502. The van der Waals surface area contributed by atoms with Crippen molar-refractivity contribution >= 4 is 49.7 Å². The van der Waals surface area contributed by atoms with Crippen LogP contribution >= 0.6 is 0 Å². The summed E-state index contributed by atoms with van der Waals surface area (Å²) in [5.74, 6) is 2.31. The predicted molar refractivity (Wildman–Crippen MR) is 210 cm³/mol. The zero-order valence-corrected chi connectivity index (χ0v) is 28.2. The van der Waals surface area contributed by atoms with Gasteiger partial charge in [-0.05, 0) is 68.9 Å². The van der Waals surface area contributed by atoms with E-state index in [0.29, 0.717) is 5.82 Å². The number of aromatic nitrogens is 4. The van der Waals surface area contributed by atoms with Gasteiger partial charge in [-0.1, -0.05) is 140 Å². The van der Waals surface area contributed by atoms with Crippen molar-refractivity contribution in [2.75, 3.05) is 0 Å². The number of benzene rings is 5. The second-order valence-electron chi connectivity index (χ2n) is 14.0. The van der Waals surface area contributed by atoms with Crippen molar-refractivity contribution in [2.45, 2.75) is 24.7 Å². The molecule has 4 nitrogen and oxygen atoms in total. The fourth-order valence-corrected chi connectivity index (χ4v) is 8.29. The van der Waals surface area contributed by atoms with Crippen LogP contribution in [-0.4, -0.2) is 19.9 Å². The van der Waals surface area contributed by atoms with Crippen LogP contribution in [0.4, 0.5) is 0 Å². The van der Waals surface area contributed by atoms with Gasteiger partial charge in [0.2, 0.25) is 0 Å². The Hall–Kier alpha value is -6.26. The molecule has 0 aliphatic heterocycles. The molecule has 51 heavy (non-hydrogen) atoms. The van der Waals surface area contributed by atoms with E-state index in [9.17, 15) is 0 Å². The zero-order valence-electron chi connectivity index (χ0n) is 28.2. The fraction of sp³-hybridized carbons (Fsp3) is 0.106. The molecular weight excluding hydrogens is 621 g/mol. The molecule has 2 aromatic heterocycles. The van der Waals surface area contributed by atoms with Crippen LogP contribution in [0, 0.1) is 5.92 Å². The molecule has 0 radical (unpaired) electrons. The van der Waals surface area contributed by atoms with Crippen LogP contribution in [0.5, 0.6) is 0 Å². The minimum Gasteiger partial charge on any atom is -0.256 e. The molecule has 0 amide bonds. The summed E-state index contributed by atoms with van der Waals surface area (Å²) < 4.78 is 0. The van der Waals surface area contributed by atoms with Crippen LogP contribution in [0.3, 0.4) is 0 Å². The number of rotatable bonds is 4. The molecule has 242 valence electrons. The Morgan fingerprint density at radius 2 is 1.45 bits per heavy atom. The highest BCUT2D eigenvalue weighted by Gasteiger charge is 2.41. The smallest absolute Gasteiger partial charge is 0.164 e. The summed E-state index contributed by atoms with van der Waals surface area (Å²) >= 11 is 0. The molecule has 0 spiro atoms. The molecule has 5 aromatic carbocycles. The Morgan fingerprint density at radius 1 is 0.686 bits per heavy atom. The summed E-state index contributed by atoms with van der Waals surface area (Å²) in [5.41, 5.74) is 7.74. The van der Waals surface area contributed by atoms with Crippen molar-refractivity contribution in [2.24, 2.45) is 5.92 Å². The lowest BCUT2D eigenvalue weighted by Crippen LogP contribution is -2.34.